The molecule has 1 amide bonds. The van der Waals surface area contributed by atoms with Gasteiger partial charge in [-0.15, -0.1) is 0 Å². The summed E-state index contributed by atoms with van der Waals surface area (Å²) in [5, 5.41) is 5.95. The van der Waals surface area contributed by atoms with Gasteiger partial charge in [-0.25, -0.2) is 4.39 Å². The Morgan fingerprint density at radius 1 is 1.41 bits per heavy atom. The lowest BCUT2D eigenvalue weighted by atomic mass is 10.1. The minimum absolute atomic E-state index is 0.0761. The lowest BCUT2D eigenvalue weighted by Gasteiger charge is -2.14. The molecule has 0 aliphatic carbocycles. The van der Waals surface area contributed by atoms with Gasteiger partial charge in [0.05, 0.1) is 11.6 Å². The van der Waals surface area contributed by atoms with Crippen LogP contribution in [-0.2, 0) is 11.3 Å². The number of hydrogen-bond acceptors (Lipinski definition) is 3. The Kier molecular flexibility index (Phi) is 5.86. The minimum atomic E-state index is -0.452. The van der Waals surface area contributed by atoms with E-state index in [0.29, 0.717) is 6.54 Å². The van der Waals surface area contributed by atoms with Crippen LogP contribution in [0, 0.1) is 5.82 Å². The van der Waals surface area contributed by atoms with Gasteiger partial charge in [0.2, 0.25) is 5.91 Å². The molecule has 22 heavy (non-hydrogen) atoms. The summed E-state index contributed by atoms with van der Waals surface area (Å²) in [6.45, 7) is 2.49. The molecular formula is C16H17ClFN3O. The van der Waals surface area contributed by atoms with Gasteiger partial charge in [-0.3, -0.25) is 9.78 Å². The maximum absolute atomic E-state index is 13.1. The van der Waals surface area contributed by atoms with Crippen LogP contribution >= 0.6 is 11.6 Å². The molecule has 2 rings (SSSR count). The number of pyridine rings is 1. The van der Waals surface area contributed by atoms with E-state index in [1.807, 2.05) is 19.1 Å². The molecule has 6 heteroatoms. The number of rotatable bonds is 6. The number of benzene rings is 1. The molecule has 0 fully saturated rings. The second kappa shape index (κ2) is 7.87. The van der Waals surface area contributed by atoms with E-state index in [1.54, 1.807) is 24.5 Å². The van der Waals surface area contributed by atoms with Gasteiger partial charge in [0.25, 0.3) is 0 Å². The van der Waals surface area contributed by atoms with E-state index in [2.05, 4.69) is 15.6 Å². The average Bonchev–Trinajstić information content (AvgIpc) is 2.54. The molecule has 1 heterocycles. The Morgan fingerprint density at radius 3 is 2.91 bits per heavy atom. The highest BCUT2D eigenvalue weighted by Crippen LogP contribution is 2.20. The summed E-state index contributed by atoms with van der Waals surface area (Å²) in [4.78, 5) is 15.8. The number of halogens is 2. The van der Waals surface area contributed by atoms with Crippen LogP contribution in [0.3, 0.4) is 0 Å². The predicted molar refractivity (Wildman–Crippen MR) is 83.9 cm³/mol. The smallest absolute Gasteiger partial charge is 0.234 e. The van der Waals surface area contributed by atoms with Crippen molar-refractivity contribution in [1.82, 2.24) is 15.6 Å². The molecule has 1 atom stereocenters. The van der Waals surface area contributed by atoms with Crippen LogP contribution in [-0.4, -0.2) is 17.4 Å². The highest BCUT2D eigenvalue weighted by Gasteiger charge is 2.09. The maximum Gasteiger partial charge on any atom is 0.234 e. The summed E-state index contributed by atoms with van der Waals surface area (Å²) >= 11 is 5.75. The van der Waals surface area contributed by atoms with Crippen molar-refractivity contribution in [2.24, 2.45) is 0 Å². The monoisotopic (exact) mass is 321 g/mol. The van der Waals surface area contributed by atoms with Gasteiger partial charge >= 0.3 is 0 Å². The first kappa shape index (κ1) is 16.4. The van der Waals surface area contributed by atoms with Gasteiger partial charge in [-0.1, -0.05) is 23.7 Å². The Morgan fingerprint density at radius 2 is 2.23 bits per heavy atom. The lowest BCUT2D eigenvalue weighted by molar-refractivity contribution is -0.120. The first-order chi connectivity index (χ1) is 10.6. The number of hydrogen-bond donors (Lipinski definition) is 2. The summed E-state index contributed by atoms with van der Waals surface area (Å²) < 4.78 is 13.1. The third-order valence-electron chi connectivity index (χ3n) is 3.22. The van der Waals surface area contributed by atoms with Crippen molar-refractivity contribution < 1.29 is 9.18 Å². The van der Waals surface area contributed by atoms with E-state index in [0.717, 1.165) is 11.1 Å². The molecular weight excluding hydrogens is 305 g/mol. The molecule has 2 aromatic rings. The van der Waals surface area contributed by atoms with Crippen LogP contribution in [0.5, 0.6) is 0 Å². The van der Waals surface area contributed by atoms with E-state index >= 15 is 0 Å². The van der Waals surface area contributed by atoms with E-state index < -0.39 is 5.82 Å². The molecule has 116 valence electrons. The van der Waals surface area contributed by atoms with Crippen molar-refractivity contribution in [2.75, 3.05) is 6.54 Å². The maximum atomic E-state index is 13.1. The lowest BCUT2D eigenvalue weighted by Crippen LogP contribution is -2.34. The van der Waals surface area contributed by atoms with Crippen LogP contribution in [0.1, 0.15) is 24.1 Å². The number of carbonyl (C=O) groups excluding carboxylic acids is 1. The zero-order valence-corrected chi connectivity index (χ0v) is 12.9. The largest absolute Gasteiger partial charge is 0.351 e. The van der Waals surface area contributed by atoms with E-state index in [9.17, 15) is 9.18 Å². The first-order valence-corrected chi connectivity index (χ1v) is 7.28. The SMILES string of the molecule is C[C@@H](NCC(=O)NCc1cccnc1)c1ccc(F)c(Cl)c1. The predicted octanol–water partition coefficient (Wildman–Crippen LogP) is 2.84. The quantitative estimate of drug-likeness (QED) is 0.860. The van der Waals surface area contributed by atoms with Gasteiger partial charge in [-0.05, 0) is 36.2 Å². The molecule has 1 aromatic heterocycles. The van der Waals surface area contributed by atoms with Crippen LogP contribution in [0.15, 0.2) is 42.7 Å². The zero-order chi connectivity index (χ0) is 15.9. The Bertz CT molecular complexity index is 637. The van der Waals surface area contributed by atoms with Gasteiger partial charge in [0.15, 0.2) is 0 Å². The molecule has 1 aromatic carbocycles. The Labute approximate surface area is 133 Å². The van der Waals surface area contributed by atoms with Crippen molar-refractivity contribution >= 4 is 17.5 Å². The van der Waals surface area contributed by atoms with Crippen LogP contribution in [0.25, 0.3) is 0 Å². The zero-order valence-electron chi connectivity index (χ0n) is 12.1. The number of carbonyl (C=O) groups is 1. The number of amides is 1. The van der Waals surface area contributed by atoms with Gasteiger partial charge in [-0.2, -0.15) is 0 Å². The average molecular weight is 322 g/mol. The van der Waals surface area contributed by atoms with Crippen LogP contribution in [0.2, 0.25) is 5.02 Å². The highest BCUT2D eigenvalue weighted by atomic mass is 35.5. The molecule has 0 bridgehead atoms. The molecule has 0 unspecified atom stereocenters. The number of nitrogens with one attached hydrogen (secondary N) is 2. The molecule has 0 spiro atoms. The summed E-state index contributed by atoms with van der Waals surface area (Å²) in [7, 11) is 0. The standard InChI is InChI=1S/C16H17ClFN3O/c1-11(13-4-5-15(18)14(17)7-13)20-10-16(22)21-9-12-3-2-6-19-8-12/h2-8,11,20H,9-10H2,1H3,(H,21,22)/t11-/m1/s1. The fourth-order valence-electron chi connectivity index (χ4n) is 1.91. The summed E-state index contributed by atoms with van der Waals surface area (Å²) in [5.41, 5.74) is 1.76. The number of aromatic nitrogens is 1. The summed E-state index contributed by atoms with van der Waals surface area (Å²) in [5.74, 6) is -0.573. The van der Waals surface area contributed by atoms with Crippen molar-refractivity contribution in [1.29, 1.82) is 0 Å². The van der Waals surface area contributed by atoms with Crippen molar-refractivity contribution in [2.45, 2.75) is 19.5 Å². The van der Waals surface area contributed by atoms with E-state index in [-0.39, 0.29) is 23.5 Å². The third kappa shape index (κ3) is 4.79. The molecule has 0 saturated heterocycles. The molecule has 0 aliphatic heterocycles. The van der Waals surface area contributed by atoms with Crippen molar-refractivity contribution in [3.05, 3.63) is 64.7 Å². The summed E-state index contributed by atoms with van der Waals surface area (Å²) in [6, 6.07) is 8.12. The van der Waals surface area contributed by atoms with Crippen molar-refractivity contribution in [3.8, 4) is 0 Å². The van der Waals surface area contributed by atoms with Gasteiger partial charge in [0, 0.05) is 25.0 Å². The Balaban J connectivity index is 1.79. The highest BCUT2D eigenvalue weighted by molar-refractivity contribution is 6.30. The molecule has 2 N–H and O–H groups in total. The molecule has 0 aliphatic rings. The number of nitrogens with zero attached hydrogens (tertiary/aromatic N) is 1. The second-order valence-electron chi connectivity index (χ2n) is 4.91. The fraction of sp³-hybridized carbons (Fsp3) is 0.250. The molecule has 4 nitrogen and oxygen atoms in total. The first-order valence-electron chi connectivity index (χ1n) is 6.90. The van der Waals surface area contributed by atoms with E-state index in [1.165, 1.54) is 6.07 Å². The fourth-order valence-corrected chi connectivity index (χ4v) is 2.10. The van der Waals surface area contributed by atoms with E-state index in [4.69, 9.17) is 11.6 Å². The minimum Gasteiger partial charge on any atom is -0.351 e. The molecule has 0 saturated carbocycles. The van der Waals surface area contributed by atoms with Gasteiger partial charge in [0.1, 0.15) is 5.82 Å². The van der Waals surface area contributed by atoms with Crippen molar-refractivity contribution in [3.63, 3.8) is 0 Å². The topological polar surface area (TPSA) is 54.0 Å². The normalized spacial score (nSPS) is 12.0. The Hall–Kier alpha value is -1.98. The van der Waals surface area contributed by atoms with Crippen LogP contribution in [0.4, 0.5) is 4.39 Å². The van der Waals surface area contributed by atoms with Crippen LogP contribution < -0.4 is 10.6 Å². The third-order valence-corrected chi connectivity index (χ3v) is 3.51. The molecule has 0 radical (unpaired) electrons. The summed E-state index contributed by atoms with van der Waals surface area (Å²) in [6.07, 6.45) is 3.39. The van der Waals surface area contributed by atoms with Gasteiger partial charge < -0.3 is 10.6 Å². The second-order valence-corrected chi connectivity index (χ2v) is 5.32.